The molecule has 124 valence electrons. The Kier molecular flexibility index (Phi) is 5.81. The third-order valence-corrected chi connectivity index (χ3v) is 4.73. The molecule has 0 bridgehead atoms. The molecular weight excluding hydrogens is 298 g/mol. The Hall–Kier alpha value is -1.14. The van der Waals surface area contributed by atoms with Crippen molar-refractivity contribution in [2.45, 2.75) is 52.7 Å². The number of aromatic nitrogens is 1. The van der Waals surface area contributed by atoms with Crippen molar-refractivity contribution < 1.29 is 9.53 Å². The normalized spacial score (nSPS) is 18.7. The average molecular weight is 325 g/mol. The van der Waals surface area contributed by atoms with Crippen LogP contribution in [-0.4, -0.2) is 41.2 Å². The number of nitrogens with one attached hydrogen (secondary N) is 1. The molecule has 1 aliphatic rings. The SMILES string of the molecule is Cc1ncsc1CNCCC1CCN(C(=O)OC(C)(C)C)C1. The summed E-state index contributed by atoms with van der Waals surface area (Å²) in [5.41, 5.74) is 2.60. The van der Waals surface area contributed by atoms with E-state index < -0.39 is 5.60 Å². The van der Waals surface area contributed by atoms with Gasteiger partial charge in [0.25, 0.3) is 0 Å². The van der Waals surface area contributed by atoms with Crippen molar-refractivity contribution in [2.75, 3.05) is 19.6 Å². The molecule has 0 aliphatic carbocycles. The van der Waals surface area contributed by atoms with Crippen molar-refractivity contribution in [2.24, 2.45) is 5.92 Å². The lowest BCUT2D eigenvalue weighted by Gasteiger charge is -2.24. The van der Waals surface area contributed by atoms with Gasteiger partial charge in [0.05, 0.1) is 11.2 Å². The van der Waals surface area contributed by atoms with Crippen molar-refractivity contribution in [3.8, 4) is 0 Å². The van der Waals surface area contributed by atoms with Crippen LogP contribution in [0.1, 0.15) is 44.2 Å². The number of rotatable bonds is 5. The Morgan fingerprint density at radius 1 is 1.55 bits per heavy atom. The summed E-state index contributed by atoms with van der Waals surface area (Å²) in [7, 11) is 0. The number of thiazole rings is 1. The van der Waals surface area contributed by atoms with Crippen LogP contribution in [0.15, 0.2) is 5.51 Å². The monoisotopic (exact) mass is 325 g/mol. The van der Waals surface area contributed by atoms with E-state index in [2.05, 4.69) is 10.3 Å². The second kappa shape index (κ2) is 7.42. The standard InChI is InChI=1S/C16H27N3O2S/c1-12-14(22-11-18-12)9-17-7-5-13-6-8-19(10-13)15(20)21-16(2,3)4/h11,13,17H,5-10H2,1-4H3. The largest absolute Gasteiger partial charge is 0.444 e. The van der Waals surface area contributed by atoms with E-state index in [0.29, 0.717) is 5.92 Å². The molecule has 1 amide bonds. The molecule has 1 fully saturated rings. The van der Waals surface area contributed by atoms with Crippen LogP contribution >= 0.6 is 11.3 Å². The number of hydrogen-bond acceptors (Lipinski definition) is 5. The van der Waals surface area contributed by atoms with Crippen LogP contribution in [0.3, 0.4) is 0 Å². The minimum atomic E-state index is -0.413. The highest BCUT2D eigenvalue weighted by Crippen LogP contribution is 2.21. The van der Waals surface area contributed by atoms with E-state index in [1.54, 1.807) is 11.3 Å². The van der Waals surface area contributed by atoms with E-state index in [1.807, 2.05) is 38.1 Å². The zero-order valence-electron chi connectivity index (χ0n) is 14.0. The molecule has 0 spiro atoms. The van der Waals surface area contributed by atoms with Crippen molar-refractivity contribution >= 4 is 17.4 Å². The topological polar surface area (TPSA) is 54.5 Å². The molecule has 2 heterocycles. The highest BCUT2D eigenvalue weighted by Gasteiger charge is 2.29. The van der Waals surface area contributed by atoms with Crippen LogP contribution in [0.5, 0.6) is 0 Å². The second-order valence-electron chi connectivity index (χ2n) is 6.91. The first-order valence-electron chi connectivity index (χ1n) is 7.93. The molecule has 22 heavy (non-hydrogen) atoms. The van der Waals surface area contributed by atoms with E-state index in [0.717, 1.165) is 44.7 Å². The molecule has 0 saturated carbocycles. The number of hydrogen-bond donors (Lipinski definition) is 1. The lowest BCUT2D eigenvalue weighted by Crippen LogP contribution is -2.35. The van der Waals surface area contributed by atoms with Crippen LogP contribution in [0.2, 0.25) is 0 Å². The molecule has 1 unspecified atom stereocenters. The molecule has 1 saturated heterocycles. The first-order chi connectivity index (χ1) is 10.3. The van der Waals surface area contributed by atoms with E-state index in [-0.39, 0.29) is 6.09 Å². The summed E-state index contributed by atoms with van der Waals surface area (Å²) in [5.74, 6) is 0.572. The summed E-state index contributed by atoms with van der Waals surface area (Å²) >= 11 is 1.70. The van der Waals surface area contributed by atoms with Gasteiger partial charge in [-0.1, -0.05) is 0 Å². The molecule has 2 rings (SSSR count). The zero-order chi connectivity index (χ0) is 16.2. The van der Waals surface area contributed by atoms with Crippen LogP contribution in [0.4, 0.5) is 4.79 Å². The minimum absolute atomic E-state index is 0.178. The number of nitrogens with zero attached hydrogens (tertiary/aromatic N) is 2. The summed E-state index contributed by atoms with van der Waals surface area (Å²) in [5, 5.41) is 3.47. The Balaban J connectivity index is 1.64. The molecular formula is C16H27N3O2S. The molecule has 1 aromatic rings. The van der Waals surface area contributed by atoms with Crippen molar-refractivity contribution in [3.63, 3.8) is 0 Å². The van der Waals surface area contributed by atoms with Gasteiger partial charge in [-0.25, -0.2) is 9.78 Å². The van der Waals surface area contributed by atoms with Crippen LogP contribution in [-0.2, 0) is 11.3 Å². The number of carbonyl (C=O) groups excluding carboxylic acids is 1. The first kappa shape index (κ1) is 17.2. The van der Waals surface area contributed by atoms with Gasteiger partial charge < -0.3 is 15.0 Å². The quantitative estimate of drug-likeness (QED) is 0.845. The van der Waals surface area contributed by atoms with Crippen LogP contribution in [0, 0.1) is 12.8 Å². The minimum Gasteiger partial charge on any atom is -0.444 e. The van der Waals surface area contributed by atoms with E-state index in [4.69, 9.17) is 4.74 Å². The summed E-state index contributed by atoms with van der Waals surface area (Å²) < 4.78 is 5.42. The van der Waals surface area contributed by atoms with Gasteiger partial charge in [0.2, 0.25) is 0 Å². The van der Waals surface area contributed by atoms with E-state index in [9.17, 15) is 4.79 Å². The fraction of sp³-hybridized carbons (Fsp3) is 0.750. The van der Waals surface area contributed by atoms with E-state index in [1.165, 1.54) is 4.88 Å². The average Bonchev–Trinajstić information content (AvgIpc) is 3.02. The lowest BCUT2D eigenvalue weighted by molar-refractivity contribution is 0.0287. The fourth-order valence-electron chi connectivity index (χ4n) is 2.56. The number of carbonyl (C=O) groups is 1. The molecule has 0 radical (unpaired) electrons. The third kappa shape index (κ3) is 5.25. The van der Waals surface area contributed by atoms with Crippen LogP contribution < -0.4 is 5.32 Å². The summed E-state index contributed by atoms with van der Waals surface area (Å²) in [6.07, 6.45) is 1.99. The molecule has 1 aromatic heterocycles. The highest BCUT2D eigenvalue weighted by molar-refractivity contribution is 7.09. The lowest BCUT2D eigenvalue weighted by atomic mass is 10.1. The van der Waals surface area contributed by atoms with Crippen molar-refractivity contribution in [1.29, 1.82) is 0 Å². The van der Waals surface area contributed by atoms with Gasteiger partial charge in [-0.3, -0.25) is 0 Å². The first-order valence-corrected chi connectivity index (χ1v) is 8.81. The van der Waals surface area contributed by atoms with Crippen molar-refractivity contribution in [3.05, 3.63) is 16.1 Å². The second-order valence-corrected chi connectivity index (χ2v) is 7.85. The predicted octanol–water partition coefficient (Wildman–Crippen LogP) is 3.19. The Morgan fingerprint density at radius 3 is 2.95 bits per heavy atom. The maximum Gasteiger partial charge on any atom is 0.410 e. The maximum atomic E-state index is 12.0. The number of ether oxygens (including phenoxy) is 1. The molecule has 1 atom stereocenters. The van der Waals surface area contributed by atoms with Gasteiger partial charge in [0, 0.05) is 24.5 Å². The van der Waals surface area contributed by atoms with Gasteiger partial charge in [-0.05, 0) is 53.0 Å². The van der Waals surface area contributed by atoms with Gasteiger partial charge in [0.15, 0.2) is 0 Å². The summed E-state index contributed by atoms with van der Waals surface area (Å²) in [4.78, 5) is 19.4. The summed E-state index contributed by atoms with van der Waals surface area (Å²) in [6.45, 7) is 11.3. The van der Waals surface area contributed by atoms with Gasteiger partial charge in [-0.15, -0.1) is 11.3 Å². The maximum absolute atomic E-state index is 12.0. The van der Waals surface area contributed by atoms with Gasteiger partial charge in [0.1, 0.15) is 5.60 Å². The molecule has 0 aromatic carbocycles. The Morgan fingerprint density at radius 2 is 2.32 bits per heavy atom. The zero-order valence-corrected chi connectivity index (χ0v) is 14.8. The van der Waals surface area contributed by atoms with Crippen LogP contribution in [0.25, 0.3) is 0 Å². The number of amides is 1. The van der Waals surface area contributed by atoms with Gasteiger partial charge >= 0.3 is 6.09 Å². The molecule has 1 aliphatic heterocycles. The molecule has 1 N–H and O–H groups in total. The number of likely N-dealkylation sites (tertiary alicyclic amines) is 1. The summed E-state index contributed by atoms with van der Waals surface area (Å²) in [6, 6.07) is 0. The van der Waals surface area contributed by atoms with Crippen molar-refractivity contribution in [1.82, 2.24) is 15.2 Å². The molecule has 5 nitrogen and oxygen atoms in total. The van der Waals surface area contributed by atoms with Gasteiger partial charge in [-0.2, -0.15) is 0 Å². The Labute approximate surface area is 137 Å². The highest BCUT2D eigenvalue weighted by atomic mass is 32.1. The Bertz CT molecular complexity index is 496. The molecule has 6 heteroatoms. The smallest absolute Gasteiger partial charge is 0.410 e. The fourth-order valence-corrected chi connectivity index (χ4v) is 3.31. The number of aryl methyl sites for hydroxylation is 1. The third-order valence-electron chi connectivity index (χ3n) is 3.80. The predicted molar refractivity (Wildman–Crippen MR) is 89.1 cm³/mol. The van der Waals surface area contributed by atoms with E-state index >= 15 is 0 Å².